The van der Waals surface area contributed by atoms with Crippen LogP contribution >= 0.6 is 27.3 Å². The van der Waals surface area contributed by atoms with Gasteiger partial charge in [0.1, 0.15) is 0 Å². The molecule has 5 heteroatoms. The van der Waals surface area contributed by atoms with Gasteiger partial charge in [0.15, 0.2) is 0 Å². The maximum Gasteiger partial charge on any atom is 0.0987 e. The topological polar surface area (TPSA) is 50.9 Å². The Balaban J connectivity index is 2.45. The first-order valence-electron chi connectivity index (χ1n) is 4.84. The summed E-state index contributed by atoms with van der Waals surface area (Å²) in [5.74, 6) is 5.63. The first-order valence-corrected chi connectivity index (χ1v) is 6.52. The second kappa shape index (κ2) is 5.05. The summed E-state index contributed by atoms with van der Waals surface area (Å²) in [5, 5.41) is 2.06. The number of hydrogen-bond donors (Lipinski definition) is 2. The minimum atomic E-state index is -0.0597. The van der Waals surface area contributed by atoms with Crippen molar-refractivity contribution in [2.45, 2.75) is 13.0 Å². The van der Waals surface area contributed by atoms with Gasteiger partial charge in [-0.2, -0.15) is 0 Å². The highest BCUT2D eigenvalue weighted by Gasteiger charge is 2.19. The lowest BCUT2D eigenvalue weighted by atomic mass is 10.1. The van der Waals surface area contributed by atoms with Crippen LogP contribution in [0.3, 0.4) is 0 Å². The van der Waals surface area contributed by atoms with E-state index < -0.39 is 0 Å². The monoisotopic (exact) mass is 297 g/mol. The maximum absolute atomic E-state index is 5.63. The number of hydrogen-bond acceptors (Lipinski definition) is 4. The summed E-state index contributed by atoms with van der Waals surface area (Å²) in [6.45, 7) is 2.08. The summed E-state index contributed by atoms with van der Waals surface area (Å²) < 4.78 is 0.964. The SMILES string of the molecule is Cc1ccsc1C(NN)c1ncccc1Br. The molecule has 3 N–H and O–H groups in total. The zero-order valence-corrected chi connectivity index (χ0v) is 11.2. The number of aryl methyl sites for hydroxylation is 1. The predicted octanol–water partition coefficient (Wildman–Crippen LogP) is 2.77. The minimum absolute atomic E-state index is 0.0597. The molecular formula is C11H12BrN3S. The number of nitrogens with zero attached hydrogens (tertiary/aromatic N) is 1. The van der Waals surface area contributed by atoms with E-state index in [0.29, 0.717) is 0 Å². The van der Waals surface area contributed by atoms with Crippen molar-refractivity contribution in [3.63, 3.8) is 0 Å². The van der Waals surface area contributed by atoms with E-state index in [4.69, 9.17) is 5.84 Å². The van der Waals surface area contributed by atoms with Gasteiger partial charge in [0.25, 0.3) is 0 Å². The molecule has 0 spiro atoms. The van der Waals surface area contributed by atoms with E-state index in [2.05, 4.69) is 44.7 Å². The van der Waals surface area contributed by atoms with Crippen molar-refractivity contribution in [3.8, 4) is 0 Å². The number of nitrogens with one attached hydrogen (secondary N) is 1. The molecule has 1 atom stereocenters. The van der Waals surface area contributed by atoms with Gasteiger partial charge >= 0.3 is 0 Å². The fraction of sp³-hybridized carbons (Fsp3) is 0.182. The molecule has 1 unspecified atom stereocenters. The van der Waals surface area contributed by atoms with E-state index in [1.54, 1.807) is 17.5 Å². The Hall–Kier alpha value is -0.750. The van der Waals surface area contributed by atoms with E-state index >= 15 is 0 Å². The van der Waals surface area contributed by atoms with E-state index in [1.165, 1.54) is 10.4 Å². The first-order chi connectivity index (χ1) is 7.74. The zero-order chi connectivity index (χ0) is 11.5. The summed E-state index contributed by atoms with van der Waals surface area (Å²) in [5.41, 5.74) is 4.96. The zero-order valence-electron chi connectivity index (χ0n) is 8.77. The molecule has 2 aromatic heterocycles. The van der Waals surface area contributed by atoms with Crippen molar-refractivity contribution < 1.29 is 0 Å². The van der Waals surface area contributed by atoms with Crippen LogP contribution in [-0.2, 0) is 0 Å². The van der Waals surface area contributed by atoms with Crippen molar-refractivity contribution >= 4 is 27.3 Å². The van der Waals surface area contributed by atoms with E-state index in [1.807, 2.05) is 12.1 Å². The minimum Gasteiger partial charge on any atom is -0.270 e. The van der Waals surface area contributed by atoms with Crippen LogP contribution in [0, 0.1) is 6.92 Å². The van der Waals surface area contributed by atoms with Crippen molar-refractivity contribution in [1.29, 1.82) is 0 Å². The predicted molar refractivity (Wildman–Crippen MR) is 70.2 cm³/mol. The summed E-state index contributed by atoms with van der Waals surface area (Å²) >= 11 is 5.18. The number of hydrazine groups is 1. The molecular weight excluding hydrogens is 286 g/mol. The lowest BCUT2D eigenvalue weighted by Gasteiger charge is -2.16. The third-order valence-electron chi connectivity index (χ3n) is 2.39. The fourth-order valence-electron chi connectivity index (χ4n) is 1.57. The van der Waals surface area contributed by atoms with Crippen LogP contribution < -0.4 is 11.3 Å². The van der Waals surface area contributed by atoms with Gasteiger partial charge in [-0.15, -0.1) is 11.3 Å². The average Bonchev–Trinajstić information content (AvgIpc) is 2.69. The first kappa shape index (κ1) is 11.7. The molecule has 0 saturated heterocycles. The van der Waals surface area contributed by atoms with Gasteiger partial charge in [-0.1, -0.05) is 0 Å². The van der Waals surface area contributed by atoms with Crippen LogP contribution in [0.2, 0.25) is 0 Å². The highest BCUT2D eigenvalue weighted by atomic mass is 79.9. The normalized spacial score (nSPS) is 12.7. The lowest BCUT2D eigenvalue weighted by Crippen LogP contribution is -2.29. The Morgan fingerprint density at radius 2 is 2.31 bits per heavy atom. The largest absolute Gasteiger partial charge is 0.270 e. The number of aromatic nitrogens is 1. The molecule has 2 heterocycles. The van der Waals surface area contributed by atoms with Crippen LogP contribution in [0.5, 0.6) is 0 Å². The molecule has 16 heavy (non-hydrogen) atoms. The number of nitrogens with two attached hydrogens (primary N) is 1. The molecule has 0 fully saturated rings. The Morgan fingerprint density at radius 1 is 1.50 bits per heavy atom. The third kappa shape index (κ3) is 2.17. The van der Waals surface area contributed by atoms with Gasteiger partial charge in [-0.3, -0.25) is 10.8 Å². The number of halogens is 1. The second-order valence-electron chi connectivity index (χ2n) is 3.44. The molecule has 0 aliphatic carbocycles. The van der Waals surface area contributed by atoms with Gasteiger partial charge in [-0.05, 0) is 52.0 Å². The standard InChI is InChI=1S/C11H12BrN3S/c1-7-4-6-16-11(7)10(15-13)9-8(12)3-2-5-14-9/h2-6,10,15H,13H2,1H3. The smallest absolute Gasteiger partial charge is 0.0987 e. The van der Waals surface area contributed by atoms with Gasteiger partial charge in [0.2, 0.25) is 0 Å². The lowest BCUT2D eigenvalue weighted by molar-refractivity contribution is 0.625. The van der Waals surface area contributed by atoms with E-state index in [0.717, 1.165) is 10.2 Å². The van der Waals surface area contributed by atoms with E-state index in [-0.39, 0.29) is 6.04 Å². The molecule has 0 bridgehead atoms. The molecule has 0 aromatic carbocycles. The van der Waals surface area contributed by atoms with Crippen LogP contribution in [0.25, 0.3) is 0 Å². The van der Waals surface area contributed by atoms with Crippen molar-refractivity contribution in [3.05, 3.63) is 50.4 Å². The van der Waals surface area contributed by atoms with E-state index in [9.17, 15) is 0 Å². The van der Waals surface area contributed by atoms with Gasteiger partial charge in [0.05, 0.1) is 11.7 Å². The van der Waals surface area contributed by atoms with Crippen molar-refractivity contribution in [1.82, 2.24) is 10.4 Å². The van der Waals surface area contributed by atoms with Gasteiger partial charge in [0, 0.05) is 15.5 Å². The molecule has 3 nitrogen and oxygen atoms in total. The van der Waals surface area contributed by atoms with Crippen molar-refractivity contribution in [2.24, 2.45) is 5.84 Å². The molecule has 0 aliphatic rings. The molecule has 0 aliphatic heterocycles. The highest BCUT2D eigenvalue weighted by molar-refractivity contribution is 9.10. The summed E-state index contributed by atoms with van der Waals surface area (Å²) in [6.07, 6.45) is 1.77. The molecule has 0 saturated carbocycles. The van der Waals surface area contributed by atoms with Gasteiger partial charge in [-0.25, -0.2) is 5.43 Å². The highest BCUT2D eigenvalue weighted by Crippen LogP contribution is 2.31. The molecule has 0 amide bonds. The number of rotatable bonds is 3. The van der Waals surface area contributed by atoms with Gasteiger partial charge < -0.3 is 0 Å². The summed E-state index contributed by atoms with van der Waals surface area (Å²) in [6, 6.07) is 5.88. The van der Waals surface area contributed by atoms with Crippen LogP contribution in [0.1, 0.15) is 22.2 Å². The molecule has 84 valence electrons. The fourth-order valence-corrected chi connectivity index (χ4v) is 3.04. The summed E-state index contributed by atoms with van der Waals surface area (Å²) in [7, 11) is 0. The Kier molecular flexibility index (Phi) is 3.70. The number of pyridine rings is 1. The van der Waals surface area contributed by atoms with Crippen LogP contribution in [-0.4, -0.2) is 4.98 Å². The quantitative estimate of drug-likeness (QED) is 0.677. The number of thiophene rings is 1. The third-order valence-corrected chi connectivity index (χ3v) is 4.15. The van der Waals surface area contributed by atoms with Crippen LogP contribution in [0.15, 0.2) is 34.2 Å². The maximum atomic E-state index is 5.63. The molecule has 2 rings (SSSR count). The second-order valence-corrected chi connectivity index (χ2v) is 5.24. The Morgan fingerprint density at radius 3 is 2.88 bits per heavy atom. The molecule has 0 radical (unpaired) electrons. The average molecular weight is 298 g/mol. The molecule has 2 aromatic rings. The Bertz CT molecular complexity index is 484. The Labute approximate surface area is 107 Å². The van der Waals surface area contributed by atoms with Crippen molar-refractivity contribution in [2.75, 3.05) is 0 Å². The summed E-state index contributed by atoms with van der Waals surface area (Å²) in [4.78, 5) is 5.56. The van der Waals surface area contributed by atoms with Crippen LogP contribution in [0.4, 0.5) is 0 Å².